The molecule has 0 aromatic heterocycles. The van der Waals surface area contributed by atoms with Crippen LogP contribution in [0.1, 0.15) is 59.3 Å². The molecule has 1 saturated carbocycles. The van der Waals surface area contributed by atoms with Gasteiger partial charge >= 0.3 is 0 Å². The summed E-state index contributed by atoms with van der Waals surface area (Å²) in [5, 5.41) is 6.42. The summed E-state index contributed by atoms with van der Waals surface area (Å²) < 4.78 is 0. The van der Waals surface area contributed by atoms with Crippen molar-refractivity contribution in [3.63, 3.8) is 0 Å². The molecule has 106 valence electrons. The second-order valence-electron chi connectivity index (χ2n) is 6.02. The number of amides is 1. The lowest BCUT2D eigenvalue weighted by molar-refractivity contribution is -0.123. The van der Waals surface area contributed by atoms with Gasteiger partial charge in [-0.25, -0.2) is 0 Å². The van der Waals surface area contributed by atoms with Gasteiger partial charge in [0.1, 0.15) is 0 Å². The monoisotopic (exact) mass is 254 g/mol. The van der Waals surface area contributed by atoms with Crippen molar-refractivity contribution >= 4 is 5.91 Å². The van der Waals surface area contributed by atoms with Gasteiger partial charge in [-0.2, -0.15) is 0 Å². The fourth-order valence-corrected chi connectivity index (χ4v) is 3.07. The predicted octanol–water partition coefficient (Wildman–Crippen LogP) is 2.71. The predicted molar refractivity (Wildman–Crippen MR) is 76.5 cm³/mol. The zero-order chi connectivity index (χ0) is 13.5. The summed E-state index contributed by atoms with van der Waals surface area (Å²) in [6.07, 6.45) is 7.34. The summed E-state index contributed by atoms with van der Waals surface area (Å²) in [4.78, 5) is 11.9. The summed E-state index contributed by atoms with van der Waals surface area (Å²) in [6.45, 7) is 6.62. The van der Waals surface area contributed by atoms with Gasteiger partial charge in [0, 0.05) is 13.1 Å². The van der Waals surface area contributed by atoms with E-state index in [1.807, 2.05) is 0 Å². The molecule has 3 atom stereocenters. The van der Waals surface area contributed by atoms with Crippen LogP contribution >= 0.6 is 0 Å². The molecule has 1 amide bonds. The average Bonchev–Trinajstić information content (AvgIpc) is 2.37. The Bertz CT molecular complexity index is 253. The van der Waals surface area contributed by atoms with Crippen molar-refractivity contribution < 1.29 is 4.79 Å². The molecule has 18 heavy (non-hydrogen) atoms. The summed E-state index contributed by atoms with van der Waals surface area (Å²) in [7, 11) is 1.73. The van der Waals surface area contributed by atoms with E-state index in [1.54, 1.807) is 7.05 Å². The quantitative estimate of drug-likeness (QED) is 0.765. The van der Waals surface area contributed by atoms with E-state index < -0.39 is 0 Å². The maximum atomic E-state index is 11.9. The summed E-state index contributed by atoms with van der Waals surface area (Å²) >= 11 is 0. The zero-order valence-electron chi connectivity index (χ0n) is 12.5. The van der Waals surface area contributed by atoms with E-state index >= 15 is 0 Å². The van der Waals surface area contributed by atoms with Crippen molar-refractivity contribution in [2.45, 2.75) is 71.4 Å². The fourth-order valence-electron chi connectivity index (χ4n) is 3.07. The van der Waals surface area contributed by atoms with Crippen LogP contribution in [0.15, 0.2) is 0 Å². The minimum absolute atomic E-state index is 0.0212. The molecule has 0 aliphatic heterocycles. The lowest BCUT2D eigenvalue weighted by Gasteiger charge is -2.34. The Kier molecular flexibility index (Phi) is 6.69. The van der Waals surface area contributed by atoms with Crippen LogP contribution < -0.4 is 10.6 Å². The van der Waals surface area contributed by atoms with Crippen molar-refractivity contribution in [2.75, 3.05) is 7.05 Å². The first-order valence-corrected chi connectivity index (χ1v) is 7.56. The van der Waals surface area contributed by atoms with Crippen LogP contribution in [0.4, 0.5) is 0 Å². The lowest BCUT2D eigenvalue weighted by Crippen LogP contribution is -2.51. The van der Waals surface area contributed by atoms with Gasteiger partial charge in [0.2, 0.25) is 5.91 Å². The highest BCUT2D eigenvalue weighted by molar-refractivity contribution is 5.81. The van der Waals surface area contributed by atoms with Crippen molar-refractivity contribution in [2.24, 2.45) is 11.8 Å². The molecule has 3 unspecified atom stereocenters. The van der Waals surface area contributed by atoms with E-state index in [4.69, 9.17) is 0 Å². The summed E-state index contributed by atoms with van der Waals surface area (Å²) in [5.41, 5.74) is 0. The molecule has 1 aliphatic rings. The standard InChI is InChI=1S/C15H30N2O/c1-5-12-8-6-7-9-13(12)17-14(10-11(2)3)15(18)16-4/h11-14,17H,5-10H2,1-4H3,(H,16,18). The van der Waals surface area contributed by atoms with E-state index in [9.17, 15) is 4.79 Å². The number of hydrogen-bond acceptors (Lipinski definition) is 2. The Balaban J connectivity index is 2.59. The number of rotatable bonds is 6. The van der Waals surface area contributed by atoms with Crippen LogP contribution in [-0.2, 0) is 4.79 Å². The van der Waals surface area contributed by atoms with Crippen LogP contribution in [0.25, 0.3) is 0 Å². The van der Waals surface area contributed by atoms with Crippen molar-refractivity contribution in [1.82, 2.24) is 10.6 Å². The first-order valence-electron chi connectivity index (χ1n) is 7.56. The molecule has 3 nitrogen and oxygen atoms in total. The highest BCUT2D eigenvalue weighted by Gasteiger charge is 2.28. The minimum atomic E-state index is -0.0212. The molecule has 1 rings (SSSR count). The van der Waals surface area contributed by atoms with Crippen LogP contribution in [0.2, 0.25) is 0 Å². The van der Waals surface area contributed by atoms with Gasteiger partial charge in [0.25, 0.3) is 0 Å². The van der Waals surface area contributed by atoms with Crippen LogP contribution in [-0.4, -0.2) is 25.0 Å². The normalized spacial score (nSPS) is 26.1. The molecular formula is C15H30N2O. The van der Waals surface area contributed by atoms with Crippen molar-refractivity contribution in [1.29, 1.82) is 0 Å². The van der Waals surface area contributed by atoms with E-state index in [0.29, 0.717) is 12.0 Å². The molecule has 0 radical (unpaired) electrons. The Morgan fingerprint density at radius 2 is 1.94 bits per heavy atom. The van der Waals surface area contributed by atoms with E-state index in [1.165, 1.54) is 32.1 Å². The van der Waals surface area contributed by atoms with Crippen LogP contribution in [0.3, 0.4) is 0 Å². The molecule has 1 fully saturated rings. The highest BCUT2D eigenvalue weighted by atomic mass is 16.2. The SMILES string of the molecule is CCC1CCCCC1NC(CC(C)C)C(=O)NC. The number of nitrogens with one attached hydrogen (secondary N) is 2. The van der Waals surface area contributed by atoms with Gasteiger partial charge < -0.3 is 10.6 Å². The first-order chi connectivity index (χ1) is 8.58. The maximum Gasteiger partial charge on any atom is 0.236 e. The van der Waals surface area contributed by atoms with Crippen molar-refractivity contribution in [3.8, 4) is 0 Å². The van der Waals surface area contributed by atoms with E-state index in [0.717, 1.165) is 12.3 Å². The lowest BCUT2D eigenvalue weighted by atomic mass is 9.82. The molecule has 0 spiro atoms. The molecule has 0 aromatic carbocycles. The third-order valence-corrected chi connectivity index (χ3v) is 4.12. The Labute approximate surface area is 112 Å². The molecule has 1 aliphatic carbocycles. The summed E-state index contributed by atoms with van der Waals surface area (Å²) in [6, 6.07) is 0.511. The van der Waals surface area contributed by atoms with Crippen LogP contribution in [0.5, 0.6) is 0 Å². The maximum absolute atomic E-state index is 11.9. The van der Waals surface area contributed by atoms with Gasteiger partial charge in [-0.05, 0) is 31.1 Å². The zero-order valence-corrected chi connectivity index (χ0v) is 12.5. The fraction of sp³-hybridized carbons (Fsp3) is 0.933. The first kappa shape index (κ1) is 15.5. The van der Waals surface area contributed by atoms with E-state index in [-0.39, 0.29) is 11.9 Å². The largest absolute Gasteiger partial charge is 0.358 e. The number of hydrogen-bond donors (Lipinski definition) is 2. The molecule has 0 bridgehead atoms. The number of carbonyl (C=O) groups is 1. The van der Waals surface area contributed by atoms with Crippen LogP contribution in [0, 0.1) is 11.8 Å². The van der Waals surface area contributed by atoms with Crippen molar-refractivity contribution in [3.05, 3.63) is 0 Å². The third-order valence-electron chi connectivity index (χ3n) is 4.12. The number of carbonyl (C=O) groups excluding carboxylic acids is 1. The molecule has 0 heterocycles. The van der Waals surface area contributed by atoms with E-state index in [2.05, 4.69) is 31.4 Å². The molecule has 0 aromatic rings. The van der Waals surface area contributed by atoms with Gasteiger partial charge in [0.15, 0.2) is 0 Å². The molecule has 3 heteroatoms. The van der Waals surface area contributed by atoms with Gasteiger partial charge in [-0.15, -0.1) is 0 Å². The van der Waals surface area contributed by atoms with Gasteiger partial charge in [-0.1, -0.05) is 40.0 Å². The molecule has 0 saturated heterocycles. The summed E-state index contributed by atoms with van der Waals surface area (Å²) in [5.74, 6) is 1.44. The Morgan fingerprint density at radius 3 is 2.50 bits per heavy atom. The Hall–Kier alpha value is -0.570. The second-order valence-corrected chi connectivity index (χ2v) is 6.02. The third kappa shape index (κ3) is 4.60. The average molecular weight is 254 g/mol. The van der Waals surface area contributed by atoms with Gasteiger partial charge in [0.05, 0.1) is 6.04 Å². The van der Waals surface area contributed by atoms with Gasteiger partial charge in [-0.3, -0.25) is 4.79 Å². The molecular weight excluding hydrogens is 224 g/mol. The Morgan fingerprint density at radius 1 is 1.28 bits per heavy atom. The smallest absolute Gasteiger partial charge is 0.236 e. The second kappa shape index (κ2) is 7.78. The highest BCUT2D eigenvalue weighted by Crippen LogP contribution is 2.27. The molecule has 2 N–H and O–H groups in total. The number of likely N-dealkylation sites (N-methyl/N-ethyl adjacent to an activating group) is 1. The minimum Gasteiger partial charge on any atom is -0.358 e. The topological polar surface area (TPSA) is 41.1 Å².